The Balaban J connectivity index is 1.45. The lowest BCUT2D eigenvalue weighted by Crippen LogP contribution is -2.05. The van der Waals surface area contributed by atoms with E-state index in [1.165, 1.54) is 11.3 Å². The van der Waals surface area contributed by atoms with E-state index in [-0.39, 0.29) is 6.61 Å². The average Bonchev–Trinajstić information content (AvgIpc) is 3.38. The number of furan rings is 1. The molecular weight excluding hydrogens is 340 g/mol. The van der Waals surface area contributed by atoms with Gasteiger partial charge in [-0.25, -0.2) is 14.5 Å². The summed E-state index contributed by atoms with van der Waals surface area (Å²) >= 11 is 1.44. The van der Waals surface area contributed by atoms with Gasteiger partial charge in [0.25, 0.3) is 0 Å². The summed E-state index contributed by atoms with van der Waals surface area (Å²) in [6.07, 6.45) is 1.60. The first kappa shape index (κ1) is 15.5. The van der Waals surface area contributed by atoms with Gasteiger partial charge in [-0.05, 0) is 37.3 Å². The first-order valence-electron chi connectivity index (χ1n) is 7.73. The minimum Gasteiger partial charge on any atom is -0.462 e. The van der Waals surface area contributed by atoms with Gasteiger partial charge >= 0.3 is 5.97 Å². The molecule has 0 amide bonds. The van der Waals surface area contributed by atoms with Crippen molar-refractivity contribution < 1.29 is 13.9 Å². The maximum Gasteiger partial charge on any atom is 0.338 e. The minimum absolute atomic E-state index is 0.107. The summed E-state index contributed by atoms with van der Waals surface area (Å²) in [6, 6.07) is 8.88. The molecule has 8 heteroatoms. The SMILES string of the molecule is CCn1nnc2cc(C(=O)OCc3csc(-c4ccco4)n3)ccc21. The van der Waals surface area contributed by atoms with Crippen molar-refractivity contribution in [2.45, 2.75) is 20.1 Å². The summed E-state index contributed by atoms with van der Waals surface area (Å²) in [6.45, 7) is 2.82. The van der Waals surface area contributed by atoms with E-state index in [4.69, 9.17) is 9.15 Å². The fourth-order valence-electron chi connectivity index (χ4n) is 2.44. The fourth-order valence-corrected chi connectivity index (χ4v) is 3.21. The van der Waals surface area contributed by atoms with Crippen molar-refractivity contribution in [3.63, 3.8) is 0 Å². The van der Waals surface area contributed by atoms with Crippen LogP contribution in [-0.4, -0.2) is 25.9 Å². The Hall–Kier alpha value is -3.00. The number of benzene rings is 1. The highest BCUT2D eigenvalue weighted by Crippen LogP contribution is 2.24. The Bertz CT molecular complexity index is 1020. The molecule has 3 aromatic heterocycles. The lowest BCUT2D eigenvalue weighted by atomic mass is 10.2. The third-order valence-electron chi connectivity index (χ3n) is 3.68. The molecule has 0 aliphatic heterocycles. The van der Waals surface area contributed by atoms with Gasteiger partial charge in [0.1, 0.15) is 12.1 Å². The molecule has 25 heavy (non-hydrogen) atoms. The Morgan fingerprint density at radius 1 is 1.36 bits per heavy atom. The van der Waals surface area contributed by atoms with Crippen molar-refractivity contribution in [1.29, 1.82) is 0 Å². The van der Waals surface area contributed by atoms with Crippen LogP contribution in [0.1, 0.15) is 23.0 Å². The second-order valence-corrected chi connectivity index (χ2v) is 6.16. The molecule has 0 saturated heterocycles. The first-order chi connectivity index (χ1) is 12.2. The van der Waals surface area contributed by atoms with Gasteiger partial charge in [-0.3, -0.25) is 0 Å². The van der Waals surface area contributed by atoms with Crippen LogP contribution in [0.3, 0.4) is 0 Å². The summed E-state index contributed by atoms with van der Waals surface area (Å²) in [5, 5.41) is 10.7. The number of fused-ring (bicyclic) bond motifs is 1. The number of nitrogens with zero attached hydrogens (tertiary/aromatic N) is 4. The van der Waals surface area contributed by atoms with E-state index in [0.29, 0.717) is 22.5 Å². The van der Waals surface area contributed by atoms with E-state index in [9.17, 15) is 4.79 Å². The van der Waals surface area contributed by atoms with Gasteiger partial charge in [0.15, 0.2) is 10.8 Å². The number of hydrogen-bond donors (Lipinski definition) is 0. The number of rotatable bonds is 5. The zero-order valence-corrected chi connectivity index (χ0v) is 14.2. The van der Waals surface area contributed by atoms with Gasteiger partial charge in [-0.2, -0.15) is 0 Å². The largest absolute Gasteiger partial charge is 0.462 e. The second kappa shape index (κ2) is 6.48. The van der Waals surface area contributed by atoms with E-state index in [0.717, 1.165) is 17.1 Å². The van der Waals surface area contributed by atoms with E-state index in [1.807, 2.05) is 24.4 Å². The number of aryl methyl sites for hydroxylation is 1. The molecule has 0 N–H and O–H groups in total. The van der Waals surface area contributed by atoms with Crippen molar-refractivity contribution in [2.75, 3.05) is 0 Å². The van der Waals surface area contributed by atoms with Gasteiger partial charge in [0, 0.05) is 11.9 Å². The molecule has 0 saturated carbocycles. The number of hydrogen-bond acceptors (Lipinski definition) is 7. The normalized spacial score (nSPS) is 11.1. The highest BCUT2D eigenvalue weighted by molar-refractivity contribution is 7.13. The summed E-state index contributed by atoms with van der Waals surface area (Å²) in [5.41, 5.74) is 2.69. The first-order valence-corrected chi connectivity index (χ1v) is 8.61. The third kappa shape index (κ3) is 3.03. The van der Waals surface area contributed by atoms with Crippen LogP contribution in [0.5, 0.6) is 0 Å². The van der Waals surface area contributed by atoms with E-state index in [2.05, 4.69) is 15.3 Å². The van der Waals surface area contributed by atoms with Crippen LogP contribution in [0, 0.1) is 0 Å². The Kier molecular flexibility index (Phi) is 4.02. The lowest BCUT2D eigenvalue weighted by molar-refractivity contribution is 0.0468. The van der Waals surface area contributed by atoms with Gasteiger partial charge in [0.05, 0.1) is 23.0 Å². The predicted molar refractivity (Wildman–Crippen MR) is 92.1 cm³/mol. The lowest BCUT2D eigenvalue weighted by Gasteiger charge is -2.03. The van der Waals surface area contributed by atoms with Crippen molar-refractivity contribution in [3.8, 4) is 10.8 Å². The Labute approximate surface area is 146 Å². The van der Waals surface area contributed by atoms with Crippen LogP contribution in [0.2, 0.25) is 0 Å². The molecule has 0 atom stereocenters. The van der Waals surface area contributed by atoms with E-state index < -0.39 is 5.97 Å². The van der Waals surface area contributed by atoms with Crippen molar-refractivity contribution in [2.24, 2.45) is 0 Å². The van der Waals surface area contributed by atoms with Gasteiger partial charge < -0.3 is 9.15 Å². The third-order valence-corrected chi connectivity index (χ3v) is 4.59. The monoisotopic (exact) mass is 354 g/mol. The predicted octanol–water partition coefficient (Wildman–Crippen LogP) is 3.52. The zero-order chi connectivity index (χ0) is 17.2. The van der Waals surface area contributed by atoms with Gasteiger partial charge in [-0.1, -0.05) is 5.21 Å². The number of ether oxygens (including phenoxy) is 1. The average molecular weight is 354 g/mol. The van der Waals surface area contributed by atoms with Crippen molar-refractivity contribution in [1.82, 2.24) is 20.0 Å². The number of esters is 1. The summed E-state index contributed by atoms with van der Waals surface area (Å²) in [5.74, 6) is 0.285. The molecule has 1 aromatic carbocycles. The van der Waals surface area contributed by atoms with Crippen molar-refractivity contribution in [3.05, 3.63) is 53.2 Å². The maximum absolute atomic E-state index is 12.3. The number of carbonyl (C=O) groups excluding carboxylic acids is 1. The Morgan fingerprint density at radius 2 is 2.28 bits per heavy atom. The standard InChI is InChI=1S/C17H14N4O3S/c1-2-21-14-6-5-11(8-13(14)19-20-21)17(22)24-9-12-10-25-16(18-12)15-4-3-7-23-15/h3-8,10H,2,9H2,1H3. The maximum atomic E-state index is 12.3. The molecule has 3 heterocycles. The quantitative estimate of drug-likeness (QED) is 0.510. The molecule has 0 unspecified atom stereocenters. The second-order valence-electron chi connectivity index (χ2n) is 5.31. The van der Waals surface area contributed by atoms with Crippen LogP contribution in [0.15, 0.2) is 46.4 Å². The van der Waals surface area contributed by atoms with Crippen LogP contribution in [0.4, 0.5) is 0 Å². The Morgan fingerprint density at radius 3 is 3.08 bits per heavy atom. The van der Waals surface area contributed by atoms with Crippen molar-refractivity contribution >= 4 is 28.3 Å². The van der Waals surface area contributed by atoms with Crippen LogP contribution in [-0.2, 0) is 17.9 Å². The topological polar surface area (TPSA) is 83.0 Å². The highest BCUT2D eigenvalue weighted by atomic mass is 32.1. The highest BCUT2D eigenvalue weighted by Gasteiger charge is 2.13. The zero-order valence-electron chi connectivity index (χ0n) is 13.4. The molecule has 126 valence electrons. The molecular formula is C17H14N4O3S. The van der Waals surface area contributed by atoms with Crippen LogP contribution >= 0.6 is 11.3 Å². The van der Waals surface area contributed by atoms with Crippen LogP contribution in [0.25, 0.3) is 21.8 Å². The van der Waals surface area contributed by atoms with Gasteiger partial charge in [-0.15, -0.1) is 16.4 Å². The molecule has 0 aliphatic rings. The molecule has 0 spiro atoms. The smallest absolute Gasteiger partial charge is 0.338 e. The number of thiazole rings is 1. The van der Waals surface area contributed by atoms with Crippen LogP contribution < -0.4 is 0 Å². The summed E-state index contributed by atoms with van der Waals surface area (Å²) in [7, 11) is 0. The fraction of sp³-hybridized carbons (Fsp3) is 0.176. The number of carbonyl (C=O) groups is 1. The molecule has 0 fully saturated rings. The van der Waals surface area contributed by atoms with E-state index in [1.54, 1.807) is 29.1 Å². The molecule has 0 aliphatic carbocycles. The van der Waals surface area contributed by atoms with Gasteiger partial charge in [0.2, 0.25) is 0 Å². The molecule has 4 rings (SSSR count). The van der Waals surface area contributed by atoms with E-state index >= 15 is 0 Å². The minimum atomic E-state index is -0.416. The summed E-state index contributed by atoms with van der Waals surface area (Å²) in [4.78, 5) is 16.7. The number of aromatic nitrogens is 4. The molecule has 7 nitrogen and oxygen atoms in total. The summed E-state index contributed by atoms with van der Waals surface area (Å²) < 4.78 is 12.4. The molecule has 4 aromatic rings. The molecule has 0 bridgehead atoms. The molecule has 0 radical (unpaired) electrons.